The molecule has 0 saturated carbocycles. The number of benzene rings is 1. The van der Waals surface area contributed by atoms with Crippen LogP contribution in [0, 0.1) is 0 Å². The average molecular weight is 436 g/mol. The summed E-state index contributed by atoms with van der Waals surface area (Å²) in [4.78, 5) is 16.1. The van der Waals surface area contributed by atoms with E-state index in [1.807, 2.05) is 24.3 Å². The van der Waals surface area contributed by atoms with Crippen LogP contribution >= 0.6 is 11.3 Å². The quantitative estimate of drug-likeness (QED) is 0.453. The number of para-hydroxylation sites is 1. The molecule has 8 nitrogen and oxygen atoms in total. The summed E-state index contributed by atoms with van der Waals surface area (Å²) in [5.41, 5.74) is 1.94. The van der Waals surface area contributed by atoms with Crippen LogP contribution in [0.4, 0.5) is 5.69 Å². The number of rotatable bonds is 7. The van der Waals surface area contributed by atoms with Gasteiger partial charge in [-0.05, 0) is 23.1 Å². The van der Waals surface area contributed by atoms with Gasteiger partial charge in [0.05, 0.1) is 0 Å². The number of hydrogen-bond acceptors (Lipinski definition) is 5. The molecule has 0 fully saturated rings. The summed E-state index contributed by atoms with van der Waals surface area (Å²) in [6.45, 7) is 1.26. The first-order valence-corrected chi connectivity index (χ1v) is 11.6. The van der Waals surface area contributed by atoms with Crippen molar-refractivity contribution in [3.63, 3.8) is 0 Å². The van der Waals surface area contributed by atoms with E-state index in [1.54, 1.807) is 31.6 Å². The van der Waals surface area contributed by atoms with E-state index in [2.05, 4.69) is 20.9 Å². The largest absolute Gasteiger partial charge is 0.356 e. The first-order chi connectivity index (χ1) is 13.9. The third kappa shape index (κ3) is 5.14. The summed E-state index contributed by atoms with van der Waals surface area (Å²) < 4.78 is 26.5. The number of thiophene rings is 1. The Morgan fingerprint density at radius 3 is 2.79 bits per heavy atom. The normalized spacial score (nSPS) is 17.0. The van der Waals surface area contributed by atoms with Gasteiger partial charge in [0.2, 0.25) is 5.91 Å². The topological polar surface area (TPSA) is 103 Å². The Balaban J connectivity index is 1.51. The molecular weight excluding hydrogens is 410 g/mol. The number of nitrogens with zero attached hydrogens (tertiary/aromatic N) is 2. The van der Waals surface area contributed by atoms with Crippen molar-refractivity contribution in [3.05, 3.63) is 47.3 Å². The number of hydrogen-bond donors (Lipinski definition) is 3. The van der Waals surface area contributed by atoms with Crippen molar-refractivity contribution in [2.24, 2.45) is 4.99 Å². The first kappa shape index (κ1) is 21.3. The minimum atomic E-state index is -3.46. The van der Waals surface area contributed by atoms with Crippen molar-refractivity contribution >= 4 is 38.9 Å². The van der Waals surface area contributed by atoms with Crippen LogP contribution < -0.4 is 16.0 Å². The molecule has 10 heteroatoms. The highest BCUT2D eigenvalue weighted by Crippen LogP contribution is 2.31. The summed E-state index contributed by atoms with van der Waals surface area (Å²) in [7, 11) is -0.246. The van der Waals surface area contributed by atoms with Crippen LogP contribution in [0.15, 0.2) is 51.0 Å². The molecule has 0 radical (unpaired) electrons. The van der Waals surface area contributed by atoms with Gasteiger partial charge in [0.25, 0.3) is 10.0 Å². The maximum atomic E-state index is 12.4. The van der Waals surface area contributed by atoms with Gasteiger partial charge in [0.15, 0.2) is 5.96 Å². The fourth-order valence-electron chi connectivity index (χ4n) is 3.14. The molecule has 1 amide bonds. The summed E-state index contributed by atoms with van der Waals surface area (Å²) in [6.07, 6.45) is 0.406. The zero-order valence-electron chi connectivity index (χ0n) is 16.4. The van der Waals surface area contributed by atoms with Gasteiger partial charge in [-0.15, -0.1) is 11.3 Å². The second-order valence-corrected chi connectivity index (χ2v) is 9.89. The summed E-state index contributed by atoms with van der Waals surface area (Å²) in [5, 5.41) is 11.0. The number of likely N-dealkylation sites (N-methyl/N-ethyl adjacent to an activating group) is 1. The molecule has 0 spiro atoms. The van der Waals surface area contributed by atoms with Gasteiger partial charge in [-0.3, -0.25) is 9.79 Å². The lowest BCUT2D eigenvalue weighted by atomic mass is 9.90. The van der Waals surface area contributed by atoms with E-state index < -0.39 is 10.0 Å². The highest BCUT2D eigenvalue weighted by Gasteiger charge is 2.25. The van der Waals surface area contributed by atoms with Gasteiger partial charge in [-0.2, -0.15) is 4.31 Å². The lowest BCUT2D eigenvalue weighted by Gasteiger charge is -2.26. The zero-order chi connectivity index (χ0) is 20.9. The lowest BCUT2D eigenvalue weighted by molar-refractivity contribution is -0.116. The molecule has 1 atom stereocenters. The van der Waals surface area contributed by atoms with Crippen LogP contribution in [-0.2, 0) is 14.8 Å². The minimum Gasteiger partial charge on any atom is -0.356 e. The number of aliphatic imine (C=N–C) groups is 1. The molecule has 3 N–H and O–H groups in total. The van der Waals surface area contributed by atoms with Crippen molar-refractivity contribution in [3.8, 4) is 0 Å². The predicted molar refractivity (Wildman–Crippen MR) is 116 cm³/mol. The Hall–Kier alpha value is -2.43. The van der Waals surface area contributed by atoms with Gasteiger partial charge >= 0.3 is 0 Å². The van der Waals surface area contributed by atoms with Crippen LogP contribution in [0.5, 0.6) is 0 Å². The fraction of sp³-hybridized carbons (Fsp3) is 0.368. The molecule has 0 aliphatic carbocycles. The molecule has 1 aromatic heterocycles. The summed E-state index contributed by atoms with van der Waals surface area (Å²) >= 11 is 1.20. The monoisotopic (exact) mass is 435 g/mol. The lowest BCUT2D eigenvalue weighted by Crippen LogP contribution is -2.43. The van der Waals surface area contributed by atoms with Gasteiger partial charge < -0.3 is 16.0 Å². The van der Waals surface area contributed by atoms with Crippen LogP contribution in [0.25, 0.3) is 0 Å². The minimum absolute atomic E-state index is 0.00106. The molecule has 1 unspecified atom stereocenters. The number of carbonyl (C=O) groups is 1. The van der Waals surface area contributed by atoms with E-state index in [0.29, 0.717) is 36.2 Å². The Bertz CT molecular complexity index is 973. The van der Waals surface area contributed by atoms with Crippen molar-refractivity contribution < 1.29 is 13.2 Å². The third-order valence-electron chi connectivity index (χ3n) is 4.72. The molecule has 3 rings (SSSR count). The first-order valence-electron chi connectivity index (χ1n) is 9.25. The van der Waals surface area contributed by atoms with Crippen LogP contribution in [0.3, 0.4) is 0 Å². The average Bonchev–Trinajstić information content (AvgIpc) is 3.25. The molecule has 0 saturated heterocycles. The third-order valence-corrected chi connectivity index (χ3v) is 7.95. The molecule has 29 heavy (non-hydrogen) atoms. The van der Waals surface area contributed by atoms with Crippen LogP contribution in [-0.4, -0.2) is 58.3 Å². The van der Waals surface area contributed by atoms with Gasteiger partial charge in [-0.25, -0.2) is 8.42 Å². The number of fused-ring (bicyclic) bond motifs is 1. The van der Waals surface area contributed by atoms with Gasteiger partial charge in [0, 0.05) is 51.8 Å². The van der Waals surface area contributed by atoms with Crippen LogP contribution in [0.2, 0.25) is 0 Å². The van der Waals surface area contributed by atoms with E-state index in [-0.39, 0.29) is 11.8 Å². The summed E-state index contributed by atoms with van der Waals surface area (Å²) in [6, 6.07) is 11.1. The second kappa shape index (κ2) is 9.38. The standard InChI is InChI=1S/C19H25N5O3S2/c1-20-19(21-9-10-24(2)29(26,27)18-8-5-11-28-18)22-13-14-12-17(25)23-16-7-4-3-6-15(14)16/h3-8,11,14H,9-10,12-13H2,1-2H3,(H,23,25)(H2,20,21,22). The number of carbonyl (C=O) groups excluding carboxylic acids is 1. The smallest absolute Gasteiger partial charge is 0.252 e. The Morgan fingerprint density at radius 2 is 2.07 bits per heavy atom. The Morgan fingerprint density at radius 1 is 1.28 bits per heavy atom. The Kier molecular flexibility index (Phi) is 6.88. The molecule has 1 aromatic carbocycles. The summed E-state index contributed by atoms with van der Waals surface area (Å²) in [5.74, 6) is 0.606. The van der Waals surface area contributed by atoms with Gasteiger partial charge in [-0.1, -0.05) is 24.3 Å². The highest BCUT2D eigenvalue weighted by molar-refractivity contribution is 7.91. The molecule has 2 aromatic rings. The number of anilines is 1. The van der Waals surface area contributed by atoms with E-state index >= 15 is 0 Å². The fourth-order valence-corrected chi connectivity index (χ4v) is 5.51. The van der Waals surface area contributed by atoms with E-state index in [9.17, 15) is 13.2 Å². The SMILES string of the molecule is CN=C(NCCN(C)S(=O)(=O)c1cccs1)NCC1CC(=O)Nc2ccccc21. The number of nitrogens with one attached hydrogen (secondary N) is 3. The molecule has 2 heterocycles. The Labute approximate surface area is 175 Å². The molecular formula is C19H25N5O3S2. The molecule has 1 aliphatic heterocycles. The number of guanidine groups is 1. The van der Waals surface area contributed by atoms with Crippen molar-refractivity contribution in [1.29, 1.82) is 0 Å². The van der Waals surface area contributed by atoms with Crippen LogP contribution in [0.1, 0.15) is 17.9 Å². The zero-order valence-corrected chi connectivity index (χ0v) is 18.0. The van der Waals surface area contributed by atoms with E-state index in [0.717, 1.165) is 11.3 Å². The number of sulfonamides is 1. The highest BCUT2D eigenvalue weighted by atomic mass is 32.2. The maximum absolute atomic E-state index is 12.4. The van der Waals surface area contributed by atoms with Crippen molar-refractivity contribution in [1.82, 2.24) is 14.9 Å². The number of amides is 1. The molecule has 1 aliphatic rings. The van der Waals surface area contributed by atoms with Crippen molar-refractivity contribution in [2.45, 2.75) is 16.5 Å². The van der Waals surface area contributed by atoms with Crippen molar-refractivity contribution in [2.75, 3.05) is 39.0 Å². The maximum Gasteiger partial charge on any atom is 0.252 e. The predicted octanol–water partition coefficient (Wildman–Crippen LogP) is 1.66. The van der Waals surface area contributed by atoms with Gasteiger partial charge in [0.1, 0.15) is 4.21 Å². The molecule has 0 bridgehead atoms. The molecule has 156 valence electrons. The van der Waals surface area contributed by atoms with E-state index in [1.165, 1.54) is 15.6 Å². The second-order valence-electron chi connectivity index (χ2n) is 6.68. The van der Waals surface area contributed by atoms with E-state index in [4.69, 9.17) is 0 Å².